The second-order valence-electron chi connectivity index (χ2n) is 3.09. The maximum absolute atomic E-state index is 10.4. The van der Waals surface area contributed by atoms with Gasteiger partial charge in [0.05, 0.1) is 0 Å². The number of fused-ring (bicyclic) bond motifs is 1. The third-order valence-corrected chi connectivity index (χ3v) is 3.72. The molecule has 0 N–H and O–H groups in total. The Balaban J connectivity index is 2.34. The molecule has 1 aromatic carbocycles. The van der Waals surface area contributed by atoms with Gasteiger partial charge < -0.3 is 4.79 Å². The highest BCUT2D eigenvalue weighted by Crippen LogP contribution is 2.41. The first kappa shape index (κ1) is 9.10. The summed E-state index contributed by atoms with van der Waals surface area (Å²) in [6.45, 7) is 0. The van der Waals surface area contributed by atoms with E-state index in [1.807, 2.05) is 30.0 Å². The lowest BCUT2D eigenvalue weighted by atomic mass is 9.99. The first-order valence-electron chi connectivity index (χ1n) is 4.17. The number of hydrogen-bond donors (Lipinski definition) is 0. The third kappa shape index (κ3) is 1.74. The van der Waals surface area contributed by atoms with Gasteiger partial charge in [0.25, 0.3) is 0 Å². The average Bonchev–Trinajstić information content (AvgIpc) is 2.49. The second-order valence-corrected chi connectivity index (χ2v) is 4.59. The van der Waals surface area contributed by atoms with Crippen LogP contribution in [0.15, 0.2) is 23.1 Å². The van der Waals surface area contributed by atoms with E-state index in [0.29, 0.717) is 12.3 Å². The van der Waals surface area contributed by atoms with Gasteiger partial charge in [0.1, 0.15) is 6.29 Å². The maximum Gasteiger partial charge on any atom is 0.120 e. The molecule has 0 aromatic heterocycles. The average molecular weight is 213 g/mol. The predicted octanol–water partition coefficient (Wildman–Crippen LogP) is 3.12. The smallest absolute Gasteiger partial charge is 0.120 e. The number of carbonyl (C=O) groups is 1. The van der Waals surface area contributed by atoms with Crippen molar-refractivity contribution in [1.29, 1.82) is 0 Å². The van der Waals surface area contributed by atoms with Crippen molar-refractivity contribution in [2.75, 3.05) is 5.75 Å². The molecule has 0 saturated heterocycles. The molecule has 1 unspecified atom stereocenters. The minimum atomic E-state index is 0.371. The SMILES string of the molecule is O=CCC1CSc2ccc(Cl)cc21. The van der Waals surface area contributed by atoms with Gasteiger partial charge in [0, 0.05) is 28.0 Å². The van der Waals surface area contributed by atoms with Gasteiger partial charge >= 0.3 is 0 Å². The molecule has 1 aliphatic heterocycles. The summed E-state index contributed by atoms with van der Waals surface area (Å²) in [7, 11) is 0. The maximum atomic E-state index is 10.4. The molecule has 1 aliphatic rings. The van der Waals surface area contributed by atoms with Crippen LogP contribution in [0.2, 0.25) is 5.02 Å². The fourth-order valence-electron chi connectivity index (χ4n) is 1.56. The Labute approximate surface area is 86.5 Å². The number of aldehydes is 1. The zero-order valence-electron chi connectivity index (χ0n) is 7.00. The zero-order chi connectivity index (χ0) is 9.26. The van der Waals surface area contributed by atoms with Crippen LogP contribution in [0.4, 0.5) is 0 Å². The van der Waals surface area contributed by atoms with Crippen molar-refractivity contribution < 1.29 is 4.79 Å². The van der Waals surface area contributed by atoms with Crippen molar-refractivity contribution in [3.8, 4) is 0 Å². The molecule has 0 bridgehead atoms. The van der Waals surface area contributed by atoms with Crippen molar-refractivity contribution in [3.05, 3.63) is 28.8 Å². The van der Waals surface area contributed by atoms with E-state index >= 15 is 0 Å². The normalized spacial score (nSPS) is 19.9. The summed E-state index contributed by atoms with van der Waals surface area (Å²) >= 11 is 7.70. The molecule has 68 valence electrons. The van der Waals surface area contributed by atoms with Crippen LogP contribution < -0.4 is 0 Å². The number of benzene rings is 1. The standard InChI is InChI=1S/C10H9ClOS/c11-8-1-2-10-9(5-8)7(3-4-12)6-13-10/h1-2,4-5,7H,3,6H2. The van der Waals surface area contributed by atoms with Crippen LogP contribution in [0.1, 0.15) is 17.9 Å². The molecule has 0 aliphatic carbocycles. The summed E-state index contributed by atoms with van der Waals surface area (Å²) in [5.41, 5.74) is 1.24. The van der Waals surface area contributed by atoms with Crippen molar-refractivity contribution in [2.24, 2.45) is 0 Å². The Morgan fingerprint density at radius 2 is 2.46 bits per heavy atom. The van der Waals surface area contributed by atoms with Crippen LogP contribution in [-0.2, 0) is 4.79 Å². The molecule has 1 nitrogen and oxygen atoms in total. The van der Waals surface area contributed by atoms with Gasteiger partial charge in [-0.2, -0.15) is 0 Å². The molecule has 0 spiro atoms. The highest BCUT2D eigenvalue weighted by Gasteiger charge is 2.22. The lowest BCUT2D eigenvalue weighted by Crippen LogP contribution is -1.96. The summed E-state index contributed by atoms with van der Waals surface area (Å²) in [4.78, 5) is 11.7. The van der Waals surface area contributed by atoms with E-state index in [4.69, 9.17) is 11.6 Å². The predicted molar refractivity (Wildman–Crippen MR) is 55.6 cm³/mol. The Morgan fingerprint density at radius 3 is 3.23 bits per heavy atom. The van der Waals surface area contributed by atoms with Gasteiger partial charge in [-0.15, -0.1) is 11.8 Å². The molecular formula is C10H9ClOS. The highest BCUT2D eigenvalue weighted by molar-refractivity contribution is 7.99. The van der Waals surface area contributed by atoms with Crippen LogP contribution in [0.25, 0.3) is 0 Å². The number of carbonyl (C=O) groups excluding carboxylic acids is 1. The summed E-state index contributed by atoms with van der Waals surface area (Å²) in [6, 6.07) is 5.91. The van der Waals surface area contributed by atoms with E-state index in [9.17, 15) is 4.79 Å². The van der Waals surface area contributed by atoms with Crippen molar-refractivity contribution in [2.45, 2.75) is 17.2 Å². The van der Waals surface area contributed by atoms with E-state index in [1.54, 1.807) is 0 Å². The van der Waals surface area contributed by atoms with Gasteiger partial charge in [-0.1, -0.05) is 11.6 Å². The Kier molecular flexibility index (Phi) is 2.61. The van der Waals surface area contributed by atoms with Crippen LogP contribution >= 0.6 is 23.4 Å². The van der Waals surface area contributed by atoms with E-state index in [-0.39, 0.29) is 0 Å². The van der Waals surface area contributed by atoms with Gasteiger partial charge in [-0.25, -0.2) is 0 Å². The van der Waals surface area contributed by atoms with Crippen molar-refractivity contribution >= 4 is 29.6 Å². The molecular weight excluding hydrogens is 204 g/mol. The lowest BCUT2D eigenvalue weighted by molar-refractivity contribution is -0.108. The highest BCUT2D eigenvalue weighted by atomic mass is 35.5. The van der Waals surface area contributed by atoms with Gasteiger partial charge in [-0.3, -0.25) is 0 Å². The summed E-state index contributed by atoms with van der Waals surface area (Å²) < 4.78 is 0. The van der Waals surface area contributed by atoms with E-state index < -0.39 is 0 Å². The van der Waals surface area contributed by atoms with E-state index in [2.05, 4.69) is 0 Å². The number of hydrogen-bond acceptors (Lipinski definition) is 2. The van der Waals surface area contributed by atoms with Gasteiger partial charge in [0.2, 0.25) is 0 Å². The molecule has 13 heavy (non-hydrogen) atoms. The topological polar surface area (TPSA) is 17.1 Å². The molecule has 0 saturated carbocycles. The molecule has 1 heterocycles. The third-order valence-electron chi connectivity index (χ3n) is 2.23. The van der Waals surface area contributed by atoms with Crippen molar-refractivity contribution in [1.82, 2.24) is 0 Å². The first-order valence-corrected chi connectivity index (χ1v) is 5.53. The molecule has 1 aromatic rings. The van der Waals surface area contributed by atoms with Crippen LogP contribution in [0, 0.1) is 0 Å². The summed E-state index contributed by atoms with van der Waals surface area (Å²) in [5.74, 6) is 1.38. The molecule has 1 atom stereocenters. The van der Waals surface area contributed by atoms with Crippen LogP contribution in [0.5, 0.6) is 0 Å². The van der Waals surface area contributed by atoms with Crippen LogP contribution in [-0.4, -0.2) is 12.0 Å². The molecule has 0 radical (unpaired) electrons. The fourth-order valence-corrected chi connectivity index (χ4v) is 2.99. The monoisotopic (exact) mass is 212 g/mol. The Bertz CT molecular complexity index is 338. The number of halogens is 1. The van der Waals surface area contributed by atoms with E-state index in [1.165, 1.54) is 10.5 Å². The quantitative estimate of drug-likeness (QED) is 0.701. The largest absolute Gasteiger partial charge is 0.303 e. The van der Waals surface area contributed by atoms with E-state index in [0.717, 1.165) is 17.1 Å². The van der Waals surface area contributed by atoms with Gasteiger partial charge in [0.15, 0.2) is 0 Å². The minimum absolute atomic E-state index is 0.371. The fraction of sp³-hybridized carbons (Fsp3) is 0.300. The van der Waals surface area contributed by atoms with Gasteiger partial charge in [-0.05, 0) is 23.8 Å². The molecule has 0 fully saturated rings. The summed E-state index contributed by atoms with van der Waals surface area (Å²) in [5, 5.41) is 0.761. The lowest BCUT2D eigenvalue weighted by Gasteiger charge is -2.05. The minimum Gasteiger partial charge on any atom is -0.303 e. The second kappa shape index (κ2) is 3.72. The van der Waals surface area contributed by atoms with Crippen LogP contribution in [0.3, 0.4) is 0 Å². The Hall–Kier alpha value is -0.470. The molecule has 0 amide bonds. The number of thioether (sulfide) groups is 1. The zero-order valence-corrected chi connectivity index (χ0v) is 8.57. The molecule has 2 rings (SSSR count). The Morgan fingerprint density at radius 1 is 1.62 bits per heavy atom. The molecule has 3 heteroatoms. The van der Waals surface area contributed by atoms with Crippen molar-refractivity contribution in [3.63, 3.8) is 0 Å². The number of rotatable bonds is 2. The first-order chi connectivity index (χ1) is 6.31. The summed E-state index contributed by atoms with van der Waals surface area (Å²) in [6.07, 6.45) is 1.60.